The van der Waals surface area contributed by atoms with Crippen LogP contribution in [0.15, 0.2) is 16.8 Å². The highest BCUT2D eigenvalue weighted by atomic mass is 16.5. The molecule has 0 aliphatic carbocycles. The first-order valence-electron chi connectivity index (χ1n) is 4.87. The molecular formula is C10H16N2O3. The summed E-state index contributed by atoms with van der Waals surface area (Å²) < 4.78 is 9.52. The third kappa shape index (κ3) is 4.60. The molecule has 1 rings (SSSR count). The van der Waals surface area contributed by atoms with Crippen molar-refractivity contribution < 1.29 is 14.1 Å². The van der Waals surface area contributed by atoms with Gasteiger partial charge < -0.3 is 9.26 Å². The molecule has 0 saturated heterocycles. The van der Waals surface area contributed by atoms with Crippen LogP contribution in [0.4, 0.5) is 0 Å². The number of carbonyl (C=O) groups is 1. The number of carbonyl (C=O) groups excluding carboxylic acids is 1. The first-order valence-corrected chi connectivity index (χ1v) is 4.87. The van der Waals surface area contributed by atoms with Crippen LogP contribution in [-0.4, -0.2) is 36.7 Å². The van der Waals surface area contributed by atoms with Crippen molar-refractivity contribution >= 4 is 5.97 Å². The van der Waals surface area contributed by atoms with Crippen LogP contribution in [-0.2, 0) is 16.1 Å². The second kappa shape index (κ2) is 6.19. The lowest BCUT2D eigenvalue weighted by molar-refractivity contribution is -0.140. The zero-order valence-corrected chi connectivity index (χ0v) is 9.10. The van der Waals surface area contributed by atoms with E-state index in [2.05, 4.69) is 14.8 Å². The third-order valence-electron chi connectivity index (χ3n) is 2.07. The van der Waals surface area contributed by atoms with Crippen molar-refractivity contribution in [1.29, 1.82) is 0 Å². The largest absolute Gasteiger partial charge is 0.469 e. The Labute approximate surface area is 89.0 Å². The molecule has 0 N–H and O–H groups in total. The Bertz CT molecular complexity index is 285. The quantitative estimate of drug-likeness (QED) is 0.660. The fraction of sp³-hybridized carbons (Fsp3) is 0.600. The molecule has 0 saturated carbocycles. The second-order valence-corrected chi connectivity index (χ2v) is 3.40. The van der Waals surface area contributed by atoms with E-state index in [1.807, 2.05) is 13.1 Å². The molecule has 84 valence electrons. The topological polar surface area (TPSA) is 55.6 Å². The third-order valence-corrected chi connectivity index (χ3v) is 2.07. The molecule has 0 spiro atoms. The SMILES string of the molecule is COC(=O)CCCN(C)Cc1ccno1. The van der Waals surface area contributed by atoms with Gasteiger partial charge in [-0.3, -0.25) is 9.69 Å². The van der Waals surface area contributed by atoms with Crippen molar-refractivity contribution in [2.24, 2.45) is 0 Å². The Kier molecular flexibility index (Phi) is 4.83. The fourth-order valence-electron chi connectivity index (χ4n) is 1.26. The Morgan fingerprint density at radius 3 is 3.07 bits per heavy atom. The minimum atomic E-state index is -0.164. The summed E-state index contributed by atoms with van der Waals surface area (Å²) in [5.74, 6) is 0.665. The Morgan fingerprint density at radius 2 is 2.47 bits per heavy atom. The van der Waals surface area contributed by atoms with Crippen molar-refractivity contribution in [3.63, 3.8) is 0 Å². The van der Waals surface area contributed by atoms with Gasteiger partial charge in [0.15, 0.2) is 5.76 Å². The standard InChI is InChI=1S/C10H16N2O3/c1-12(7-3-4-10(13)14-2)8-9-5-6-11-15-9/h5-6H,3-4,7-8H2,1-2H3. The summed E-state index contributed by atoms with van der Waals surface area (Å²) in [7, 11) is 3.38. The fourth-order valence-corrected chi connectivity index (χ4v) is 1.26. The Balaban J connectivity index is 2.14. The van der Waals surface area contributed by atoms with E-state index in [9.17, 15) is 4.79 Å². The zero-order valence-electron chi connectivity index (χ0n) is 9.10. The van der Waals surface area contributed by atoms with Gasteiger partial charge >= 0.3 is 5.97 Å². The molecule has 0 atom stereocenters. The highest BCUT2D eigenvalue weighted by Gasteiger charge is 2.05. The molecule has 1 heterocycles. The highest BCUT2D eigenvalue weighted by Crippen LogP contribution is 2.02. The molecule has 1 aromatic rings. The molecule has 15 heavy (non-hydrogen) atoms. The van der Waals surface area contributed by atoms with E-state index in [0.717, 1.165) is 18.7 Å². The highest BCUT2D eigenvalue weighted by molar-refractivity contribution is 5.69. The summed E-state index contributed by atoms with van der Waals surface area (Å²) in [6, 6.07) is 1.83. The summed E-state index contributed by atoms with van der Waals surface area (Å²) in [6.07, 6.45) is 2.87. The van der Waals surface area contributed by atoms with Crippen LogP contribution >= 0.6 is 0 Å². The molecule has 5 nitrogen and oxygen atoms in total. The van der Waals surface area contributed by atoms with E-state index < -0.39 is 0 Å². The zero-order chi connectivity index (χ0) is 11.1. The number of hydrogen-bond acceptors (Lipinski definition) is 5. The van der Waals surface area contributed by atoms with Crippen LogP contribution in [0.2, 0.25) is 0 Å². The molecule has 5 heteroatoms. The Morgan fingerprint density at radius 1 is 1.67 bits per heavy atom. The van der Waals surface area contributed by atoms with Gasteiger partial charge in [-0.25, -0.2) is 0 Å². The van der Waals surface area contributed by atoms with Crippen molar-refractivity contribution in [1.82, 2.24) is 10.1 Å². The van der Waals surface area contributed by atoms with Crippen LogP contribution in [0.1, 0.15) is 18.6 Å². The van der Waals surface area contributed by atoms with E-state index >= 15 is 0 Å². The predicted molar refractivity (Wildman–Crippen MR) is 54.1 cm³/mol. The smallest absolute Gasteiger partial charge is 0.305 e. The van der Waals surface area contributed by atoms with Gasteiger partial charge in [-0.15, -0.1) is 0 Å². The summed E-state index contributed by atoms with van der Waals surface area (Å²) in [6.45, 7) is 1.54. The molecule has 0 amide bonds. The van der Waals surface area contributed by atoms with Crippen molar-refractivity contribution in [3.8, 4) is 0 Å². The van der Waals surface area contributed by atoms with Gasteiger partial charge in [0.2, 0.25) is 0 Å². The first kappa shape index (κ1) is 11.7. The van der Waals surface area contributed by atoms with Gasteiger partial charge in [0.1, 0.15) is 0 Å². The maximum atomic E-state index is 10.8. The lowest BCUT2D eigenvalue weighted by Crippen LogP contribution is -2.19. The van der Waals surface area contributed by atoms with Gasteiger partial charge in [0, 0.05) is 12.5 Å². The first-order chi connectivity index (χ1) is 7.22. The number of ether oxygens (including phenoxy) is 1. The number of hydrogen-bond donors (Lipinski definition) is 0. The van der Waals surface area contributed by atoms with E-state index in [1.54, 1.807) is 6.20 Å². The monoisotopic (exact) mass is 212 g/mol. The predicted octanol–water partition coefficient (Wildman–Crippen LogP) is 1.06. The van der Waals surface area contributed by atoms with Crippen molar-refractivity contribution in [3.05, 3.63) is 18.0 Å². The molecule has 0 aliphatic heterocycles. The molecule has 1 aromatic heterocycles. The average Bonchev–Trinajstić information content (AvgIpc) is 2.70. The minimum Gasteiger partial charge on any atom is -0.469 e. The number of aromatic nitrogens is 1. The van der Waals surface area contributed by atoms with Crippen molar-refractivity contribution in [2.75, 3.05) is 20.7 Å². The average molecular weight is 212 g/mol. The van der Waals surface area contributed by atoms with Gasteiger partial charge in [-0.1, -0.05) is 5.16 Å². The lowest BCUT2D eigenvalue weighted by Gasteiger charge is -2.13. The lowest BCUT2D eigenvalue weighted by atomic mass is 10.3. The van der Waals surface area contributed by atoms with Gasteiger partial charge in [0.05, 0.1) is 19.9 Å². The molecule has 0 radical (unpaired) electrons. The second-order valence-electron chi connectivity index (χ2n) is 3.40. The van der Waals surface area contributed by atoms with E-state index in [4.69, 9.17) is 4.52 Å². The Hall–Kier alpha value is -1.36. The van der Waals surface area contributed by atoms with Crippen molar-refractivity contribution in [2.45, 2.75) is 19.4 Å². The van der Waals surface area contributed by atoms with Gasteiger partial charge in [-0.05, 0) is 20.0 Å². The molecule has 0 fully saturated rings. The summed E-state index contributed by atoms with van der Waals surface area (Å²) in [5.41, 5.74) is 0. The summed E-state index contributed by atoms with van der Waals surface area (Å²) in [5, 5.41) is 3.62. The summed E-state index contributed by atoms with van der Waals surface area (Å²) >= 11 is 0. The van der Waals surface area contributed by atoms with Gasteiger partial charge in [-0.2, -0.15) is 0 Å². The number of rotatable bonds is 6. The molecule has 0 bridgehead atoms. The normalized spacial score (nSPS) is 10.6. The summed E-state index contributed by atoms with van der Waals surface area (Å²) in [4.78, 5) is 12.9. The maximum Gasteiger partial charge on any atom is 0.305 e. The van der Waals surface area contributed by atoms with E-state index in [1.165, 1.54) is 7.11 Å². The van der Waals surface area contributed by atoms with Crippen LogP contribution in [0.3, 0.4) is 0 Å². The van der Waals surface area contributed by atoms with Crippen LogP contribution < -0.4 is 0 Å². The number of nitrogens with zero attached hydrogens (tertiary/aromatic N) is 2. The molecule has 0 aliphatic rings. The van der Waals surface area contributed by atoms with E-state index in [0.29, 0.717) is 13.0 Å². The molecule has 0 unspecified atom stereocenters. The molecule has 0 aromatic carbocycles. The van der Waals surface area contributed by atoms with Gasteiger partial charge in [0.25, 0.3) is 0 Å². The van der Waals surface area contributed by atoms with E-state index in [-0.39, 0.29) is 5.97 Å². The van der Waals surface area contributed by atoms with Crippen LogP contribution in [0.25, 0.3) is 0 Å². The van der Waals surface area contributed by atoms with Crippen LogP contribution in [0.5, 0.6) is 0 Å². The molecular weight excluding hydrogens is 196 g/mol. The minimum absolute atomic E-state index is 0.164. The number of methoxy groups -OCH3 is 1. The van der Waals surface area contributed by atoms with Crippen LogP contribution in [0, 0.1) is 0 Å². The maximum absolute atomic E-state index is 10.8. The number of esters is 1.